The van der Waals surface area contributed by atoms with Crippen molar-refractivity contribution in [1.82, 2.24) is 15.5 Å². The summed E-state index contributed by atoms with van der Waals surface area (Å²) in [7, 11) is 3.82. The van der Waals surface area contributed by atoms with Crippen molar-refractivity contribution in [3.63, 3.8) is 0 Å². The highest BCUT2D eigenvalue weighted by Gasteiger charge is 2.01. The molecule has 0 atom stereocenters. The topological polar surface area (TPSA) is 58.1 Å². The monoisotopic (exact) mass is 492 g/mol. The molecule has 0 aliphatic heterocycles. The first kappa shape index (κ1) is 26.1. The predicted octanol–water partition coefficient (Wildman–Crippen LogP) is 2.86. The number of aliphatic imine (C=N–C) groups is 1. The Morgan fingerprint density at radius 1 is 1.11 bits per heavy atom. The SMILES string of the molecule is CCNC(=NCc1cccc(CN(C)CC)c1)NCCCOCCOC.I. The third-order valence-electron chi connectivity index (χ3n) is 3.94. The van der Waals surface area contributed by atoms with E-state index >= 15 is 0 Å². The molecule has 7 heteroatoms. The molecule has 0 unspecified atom stereocenters. The lowest BCUT2D eigenvalue weighted by molar-refractivity contribution is 0.0698. The number of hydrogen-bond acceptors (Lipinski definition) is 4. The van der Waals surface area contributed by atoms with Gasteiger partial charge in [0.1, 0.15) is 0 Å². The summed E-state index contributed by atoms with van der Waals surface area (Å²) in [6.45, 7) is 10.6. The van der Waals surface area contributed by atoms with Crippen LogP contribution in [0.3, 0.4) is 0 Å². The summed E-state index contributed by atoms with van der Waals surface area (Å²) in [6.07, 6.45) is 0.937. The average molecular weight is 492 g/mol. The lowest BCUT2D eigenvalue weighted by atomic mass is 10.1. The Morgan fingerprint density at radius 2 is 1.89 bits per heavy atom. The van der Waals surface area contributed by atoms with E-state index < -0.39 is 0 Å². The number of hydrogen-bond donors (Lipinski definition) is 2. The van der Waals surface area contributed by atoms with Gasteiger partial charge in [-0.25, -0.2) is 4.99 Å². The molecule has 0 radical (unpaired) electrons. The van der Waals surface area contributed by atoms with Crippen molar-refractivity contribution in [3.8, 4) is 0 Å². The number of nitrogens with one attached hydrogen (secondary N) is 2. The quantitative estimate of drug-likeness (QED) is 0.192. The van der Waals surface area contributed by atoms with Gasteiger partial charge in [-0.05, 0) is 38.1 Å². The van der Waals surface area contributed by atoms with Crippen LogP contribution in [0.4, 0.5) is 0 Å². The van der Waals surface area contributed by atoms with Gasteiger partial charge in [-0.1, -0.05) is 31.2 Å². The molecule has 0 aliphatic carbocycles. The first-order chi connectivity index (χ1) is 12.7. The Kier molecular flexibility index (Phi) is 16.6. The van der Waals surface area contributed by atoms with Gasteiger partial charge in [0.05, 0.1) is 19.8 Å². The molecular weight excluding hydrogens is 455 g/mol. The van der Waals surface area contributed by atoms with Gasteiger partial charge in [0.2, 0.25) is 0 Å². The number of guanidine groups is 1. The molecule has 6 nitrogen and oxygen atoms in total. The molecule has 156 valence electrons. The summed E-state index contributed by atoms with van der Waals surface area (Å²) in [4.78, 5) is 6.99. The van der Waals surface area contributed by atoms with E-state index in [9.17, 15) is 0 Å². The molecular formula is C20H37IN4O2. The fraction of sp³-hybridized carbons (Fsp3) is 0.650. The van der Waals surface area contributed by atoms with Gasteiger partial charge in [0.15, 0.2) is 5.96 Å². The van der Waals surface area contributed by atoms with Crippen molar-refractivity contribution >= 4 is 29.9 Å². The van der Waals surface area contributed by atoms with Crippen LogP contribution < -0.4 is 10.6 Å². The van der Waals surface area contributed by atoms with Crippen molar-refractivity contribution in [3.05, 3.63) is 35.4 Å². The van der Waals surface area contributed by atoms with E-state index in [2.05, 4.69) is 60.7 Å². The van der Waals surface area contributed by atoms with Crippen LogP contribution in [-0.4, -0.2) is 64.5 Å². The number of methoxy groups -OCH3 is 1. The molecule has 0 saturated heterocycles. The van der Waals surface area contributed by atoms with Gasteiger partial charge in [0.25, 0.3) is 0 Å². The van der Waals surface area contributed by atoms with Crippen LogP contribution in [0.5, 0.6) is 0 Å². The van der Waals surface area contributed by atoms with Crippen LogP contribution in [0.15, 0.2) is 29.3 Å². The summed E-state index contributed by atoms with van der Waals surface area (Å²) in [5, 5.41) is 6.65. The van der Waals surface area contributed by atoms with Crippen molar-refractivity contribution < 1.29 is 9.47 Å². The van der Waals surface area contributed by atoms with E-state index in [4.69, 9.17) is 14.5 Å². The number of halogens is 1. The molecule has 2 N–H and O–H groups in total. The van der Waals surface area contributed by atoms with Gasteiger partial charge >= 0.3 is 0 Å². The Labute approximate surface area is 182 Å². The minimum absolute atomic E-state index is 0. The molecule has 0 aliphatic rings. The molecule has 0 amide bonds. The second-order valence-corrected chi connectivity index (χ2v) is 6.23. The summed E-state index contributed by atoms with van der Waals surface area (Å²) in [5.74, 6) is 0.848. The fourth-order valence-electron chi connectivity index (χ4n) is 2.39. The number of nitrogens with zero attached hydrogens (tertiary/aromatic N) is 2. The van der Waals surface area contributed by atoms with Crippen LogP contribution in [0, 0.1) is 0 Å². The van der Waals surface area contributed by atoms with Gasteiger partial charge < -0.3 is 25.0 Å². The highest BCUT2D eigenvalue weighted by Crippen LogP contribution is 2.08. The Bertz CT molecular complexity index is 515. The summed E-state index contributed by atoms with van der Waals surface area (Å²) >= 11 is 0. The molecule has 1 aromatic carbocycles. The van der Waals surface area contributed by atoms with Crippen molar-refractivity contribution in [2.45, 2.75) is 33.4 Å². The smallest absolute Gasteiger partial charge is 0.191 e. The van der Waals surface area contributed by atoms with Crippen LogP contribution in [0.2, 0.25) is 0 Å². The highest BCUT2D eigenvalue weighted by molar-refractivity contribution is 14.0. The third kappa shape index (κ3) is 13.0. The Hall–Kier alpha value is -0.900. The normalized spacial score (nSPS) is 11.4. The molecule has 0 aromatic heterocycles. The van der Waals surface area contributed by atoms with Crippen molar-refractivity contribution in [2.75, 3.05) is 53.6 Å². The van der Waals surface area contributed by atoms with E-state index in [1.807, 2.05) is 0 Å². The molecule has 1 aromatic rings. The van der Waals surface area contributed by atoms with Gasteiger partial charge in [-0.3, -0.25) is 0 Å². The van der Waals surface area contributed by atoms with Crippen LogP contribution in [-0.2, 0) is 22.6 Å². The molecule has 1 rings (SSSR count). The van der Waals surface area contributed by atoms with Crippen molar-refractivity contribution in [1.29, 1.82) is 0 Å². The summed E-state index contributed by atoms with van der Waals surface area (Å²) in [5.41, 5.74) is 2.56. The summed E-state index contributed by atoms with van der Waals surface area (Å²) < 4.78 is 10.4. The zero-order valence-electron chi connectivity index (χ0n) is 17.3. The van der Waals surface area contributed by atoms with Gasteiger partial charge in [-0.2, -0.15) is 0 Å². The van der Waals surface area contributed by atoms with Gasteiger partial charge in [-0.15, -0.1) is 24.0 Å². The number of rotatable bonds is 13. The molecule has 27 heavy (non-hydrogen) atoms. The van der Waals surface area contributed by atoms with Crippen LogP contribution in [0.1, 0.15) is 31.4 Å². The first-order valence-corrected chi connectivity index (χ1v) is 9.54. The third-order valence-corrected chi connectivity index (χ3v) is 3.94. The zero-order valence-corrected chi connectivity index (χ0v) is 19.6. The summed E-state index contributed by atoms with van der Waals surface area (Å²) in [6, 6.07) is 8.66. The maximum Gasteiger partial charge on any atom is 0.191 e. The molecule has 0 saturated carbocycles. The average Bonchev–Trinajstić information content (AvgIpc) is 2.65. The predicted molar refractivity (Wildman–Crippen MR) is 124 cm³/mol. The molecule has 0 spiro atoms. The molecule has 0 bridgehead atoms. The second-order valence-electron chi connectivity index (χ2n) is 6.23. The maximum absolute atomic E-state index is 5.47. The van der Waals surface area contributed by atoms with Gasteiger partial charge in [0, 0.05) is 33.4 Å². The van der Waals surface area contributed by atoms with Crippen molar-refractivity contribution in [2.24, 2.45) is 4.99 Å². The van der Waals surface area contributed by atoms with E-state index in [0.29, 0.717) is 19.8 Å². The lowest BCUT2D eigenvalue weighted by Gasteiger charge is -2.14. The Morgan fingerprint density at radius 3 is 2.59 bits per heavy atom. The number of ether oxygens (including phenoxy) is 2. The maximum atomic E-state index is 5.47. The van der Waals surface area contributed by atoms with Crippen LogP contribution in [0.25, 0.3) is 0 Å². The fourth-order valence-corrected chi connectivity index (χ4v) is 2.39. The minimum Gasteiger partial charge on any atom is -0.382 e. The molecule has 0 heterocycles. The molecule has 0 fully saturated rings. The highest BCUT2D eigenvalue weighted by atomic mass is 127. The van der Waals surface area contributed by atoms with Crippen LogP contribution >= 0.6 is 24.0 Å². The number of benzene rings is 1. The Balaban J connectivity index is 0.00000676. The standard InChI is InChI=1S/C20H36N4O2.HI/c1-5-21-20(22-11-8-12-26-14-13-25-4)23-16-18-9-7-10-19(15-18)17-24(3)6-2;/h7,9-10,15H,5-6,8,11-14,16-17H2,1-4H3,(H2,21,22,23);1H. The van der Waals surface area contributed by atoms with E-state index in [0.717, 1.165) is 45.2 Å². The largest absolute Gasteiger partial charge is 0.382 e. The zero-order chi connectivity index (χ0) is 19.0. The second kappa shape index (κ2) is 17.2. The minimum atomic E-state index is 0. The first-order valence-electron chi connectivity index (χ1n) is 9.54. The van der Waals surface area contributed by atoms with E-state index in [1.54, 1.807) is 7.11 Å². The van der Waals surface area contributed by atoms with E-state index in [-0.39, 0.29) is 24.0 Å². The lowest BCUT2D eigenvalue weighted by Crippen LogP contribution is -2.38. The van der Waals surface area contributed by atoms with E-state index in [1.165, 1.54) is 11.1 Å².